The van der Waals surface area contributed by atoms with Crippen LogP contribution in [0.4, 0.5) is 0 Å². The lowest BCUT2D eigenvalue weighted by Crippen LogP contribution is -2.33. The van der Waals surface area contributed by atoms with Crippen molar-refractivity contribution in [3.63, 3.8) is 0 Å². The van der Waals surface area contributed by atoms with Gasteiger partial charge in [0.2, 0.25) is 5.91 Å². The molecule has 1 heterocycles. The molecular weight excluding hydrogens is 414 g/mol. The summed E-state index contributed by atoms with van der Waals surface area (Å²) in [7, 11) is 3.16. The molecule has 2 aromatic rings. The van der Waals surface area contributed by atoms with Crippen LogP contribution in [0.5, 0.6) is 11.5 Å². The molecular formula is C20H20ClN3O4S. The van der Waals surface area contributed by atoms with E-state index in [1.54, 1.807) is 43.4 Å². The number of nitrogens with zero attached hydrogens (tertiary/aromatic N) is 2. The number of carbonyl (C=O) groups excluding carboxylic acids is 2. The Morgan fingerprint density at radius 1 is 1.17 bits per heavy atom. The Kier molecular flexibility index (Phi) is 7.00. The molecule has 0 aromatic heterocycles. The average molecular weight is 434 g/mol. The second-order valence-corrected chi connectivity index (χ2v) is 7.49. The normalized spacial score (nSPS) is 14.9. The van der Waals surface area contributed by atoms with Crippen molar-refractivity contribution >= 4 is 40.3 Å². The Hall–Kier alpha value is -2.71. The van der Waals surface area contributed by atoms with E-state index in [1.807, 2.05) is 18.2 Å². The third kappa shape index (κ3) is 5.21. The fourth-order valence-electron chi connectivity index (χ4n) is 2.74. The van der Waals surface area contributed by atoms with Crippen molar-refractivity contribution in [2.75, 3.05) is 26.5 Å². The summed E-state index contributed by atoms with van der Waals surface area (Å²) in [5.41, 5.74) is 3.93. The minimum atomic E-state index is -0.367. The molecule has 1 aliphatic heterocycles. The van der Waals surface area contributed by atoms with Gasteiger partial charge < -0.3 is 9.47 Å². The lowest BCUT2D eigenvalue weighted by Gasteiger charge is -2.16. The highest BCUT2D eigenvalue weighted by Crippen LogP contribution is 2.28. The smallest absolute Gasteiger partial charge is 0.271 e. The number of amides is 2. The number of hydrazone groups is 1. The third-order valence-electron chi connectivity index (χ3n) is 4.29. The van der Waals surface area contributed by atoms with Crippen LogP contribution in [0, 0.1) is 0 Å². The highest BCUT2D eigenvalue weighted by molar-refractivity contribution is 8.15. The minimum absolute atomic E-state index is 0.0463. The highest BCUT2D eigenvalue weighted by atomic mass is 35.5. The molecule has 0 bridgehead atoms. The average Bonchev–Trinajstić information content (AvgIpc) is 3.10. The largest absolute Gasteiger partial charge is 0.493 e. The molecule has 1 fully saturated rings. The minimum Gasteiger partial charge on any atom is -0.493 e. The Balaban J connectivity index is 1.65. The van der Waals surface area contributed by atoms with Gasteiger partial charge in [-0.25, -0.2) is 5.43 Å². The maximum Gasteiger partial charge on any atom is 0.271 e. The molecule has 152 valence electrons. The zero-order valence-corrected chi connectivity index (χ0v) is 17.5. The quantitative estimate of drug-likeness (QED) is 0.678. The molecule has 9 heteroatoms. The number of thioether (sulfide) groups is 1. The first-order chi connectivity index (χ1) is 14.0. The molecule has 0 saturated carbocycles. The summed E-state index contributed by atoms with van der Waals surface area (Å²) in [5, 5.41) is 5.15. The van der Waals surface area contributed by atoms with Gasteiger partial charge in [0.15, 0.2) is 16.7 Å². The second-order valence-electron chi connectivity index (χ2n) is 6.12. The summed E-state index contributed by atoms with van der Waals surface area (Å²) in [6, 6.07) is 12.1. The SMILES string of the molecule is COc1ccc(CCN2C(=O)CS/C2=N/NC(=O)c2ccc(Cl)cc2)cc1OC. The van der Waals surface area contributed by atoms with E-state index in [2.05, 4.69) is 10.5 Å². The van der Waals surface area contributed by atoms with Gasteiger partial charge in [-0.1, -0.05) is 29.4 Å². The fraction of sp³-hybridized carbons (Fsp3) is 0.250. The third-order valence-corrected chi connectivity index (χ3v) is 5.50. The Morgan fingerprint density at radius 3 is 2.59 bits per heavy atom. The van der Waals surface area contributed by atoms with E-state index in [1.165, 1.54) is 11.8 Å². The number of amidine groups is 1. The van der Waals surface area contributed by atoms with Crippen molar-refractivity contribution in [2.24, 2.45) is 5.10 Å². The Bertz CT molecular complexity index is 934. The van der Waals surface area contributed by atoms with Crippen molar-refractivity contribution in [1.29, 1.82) is 0 Å². The number of methoxy groups -OCH3 is 2. The first kappa shape index (κ1) is 21.0. The van der Waals surface area contributed by atoms with Crippen LogP contribution >= 0.6 is 23.4 Å². The van der Waals surface area contributed by atoms with Gasteiger partial charge in [0.1, 0.15) is 0 Å². The summed E-state index contributed by atoms with van der Waals surface area (Å²) in [6.45, 7) is 0.441. The lowest BCUT2D eigenvalue weighted by molar-refractivity contribution is -0.124. The van der Waals surface area contributed by atoms with E-state index in [4.69, 9.17) is 21.1 Å². The summed E-state index contributed by atoms with van der Waals surface area (Å²) in [6.07, 6.45) is 0.608. The van der Waals surface area contributed by atoms with Crippen LogP contribution in [0.2, 0.25) is 5.02 Å². The molecule has 1 N–H and O–H groups in total. The zero-order chi connectivity index (χ0) is 20.8. The molecule has 29 heavy (non-hydrogen) atoms. The summed E-state index contributed by atoms with van der Waals surface area (Å²) < 4.78 is 10.6. The van der Waals surface area contributed by atoms with Crippen LogP contribution in [0.1, 0.15) is 15.9 Å². The van der Waals surface area contributed by atoms with Gasteiger partial charge in [-0.2, -0.15) is 0 Å². The highest BCUT2D eigenvalue weighted by Gasteiger charge is 2.28. The summed E-state index contributed by atoms with van der Waals surface area (Å²) in [4.78, 5) is 26.0. The van der Waals surface area contributed by atoms with Crippen LogP contribution < -0.4 is 14.9 Å². The van der Waals surface area contributed by atoms with Gasteiger partial charge in [0.05, 0.1) is 20.0 Å². The van der Waals surface area contributed by atoms with Crippen LogP contribution in [0.25, 0.3) is 0 Å². The summed E-state index contributed by atoms with van der Waals surface area (Å²) >= 11 is 7.12. The molecule has 1 saturated heterocycles. The molecule has 1 aliphatic rings. The lowest BCUT2D eigenvalue weighted by atomic mass is 10.1. The zero-order valence-electron chi connectivity index (χ0n) is 16.0. The monoisotopic (exact) mass is 433 g/mol. The maximum atomic E-state index is 12.2. The molecule has 3 rings (SSSR count). The maximum absolute atomic E-state index is 12.2. The predicted molar refractivity (Wildman–Crippen MR) is 114 cm³/mol. The first-order valence-electron chi connectivity index (χ1n) is 8.79. The number of hydrogen-bond acceptors (Lipinski definition) is 6. The van der Waals surface area contributed by atoms with Crippen LogP contribution in [0.3, 0.4) is 0 Å². The van der Waals surface area contributed by atoms with E-state index in [0.29, 0.717) is 46.0 Å². The van der Waals surface area contributed by atoms with Gasteiger partial charge in [-0.05, 0) is 48.4 Å². The molecule has 0 radical (unpaired) electrons. The molecule has 0 unspecified atom stereocenters. The standard InChI is InChI=1S/C20H20ClN3O4S/c1-27-16-8-3-13(11-17(16)28-2)9-10-24-18(25)12-29-20(24)23-22-19(26)14-4-6-15(21)7-5-14/h3-8,11H,9-10,12H2,1-2H3,(H,22,26)/b23-20+. The second kappa shape index (κ2) is 9.67. The molecule has 0 aliphatic carbocycles. The van der Waals surface area contributed by atoms with E-state index in [0.717, 1.165) is 5.56 Å². The van der Waals surface area contributed by atoms with E-state index in [-0.39, 0.29) is 11.8 Å². The fourth-order valence-corrected chi connectivity index (χ4v) is 3.74. The van der Waals surface area contributed by atoms with Crippen molar-refractivity contribution in [2.45, 2.75) is 6.42 Å². The number of halogens is 1. The number of nitrogens with one attached hydrogen (secondary N) is 1. The van der Waals surface area contributed by atoms with Crippen LogP contribution in [0.15, 0.2) is 47.6 Å². The van der Waals surface area contributed by atoms with Crippen molar-refractivity contribution in [1.82, 2.24) is 10.3 Å². The molecule has 7 nitrogen and oxygen atoms in total. The predicted octanol–water partition coefficient (Wildman–Crippen LogP) is 3.18. The Labute approximate surface area is 178 Å². The van der Waals surface area contributed by atoms with Crippen molar-refractivity contribution in [3.05, 3.63) is 58.6 Å². The van der Waals surface area contributed by atoms with Gasteiger partial charge in [0, 0.05) is 17.1 Å². The number of ether oxygens (including phenoxy) is 2. The van der Waals surface area contributed by atoms with Crippen LogP contribution in [-0.4, -0.2) is 48.4 Å². The summed E-state index contributed by atoms with van der Waals surface area (Å²) in [5.74, 6) is 1.16. The van der Waals surface area contributed by atoms with Gasteiger partial charge in [0.25, 0.3) is 5.91 Å². The number of carbonyl (C=O) groups is 2. The van der Waals surface area contributed by atoms with Gasteiger partial charge >= 0.3 is 0 Å². The van der Waals surface area contributed by atoms with E-state index >= 15 is 0 Å². The number of rotatable bonds is 7. The van der Waals surface area contributed by atoms with E-state index < -0.39 is 0 Å². The molecule has 2 aromatic carbocycles. The number of benzene rings is 2. The Morgan fingerprint density at radius 2 is 1.90 bits per heavy atom. The topological polar surface area (TPSA) is 80.2 Å². The molecule has 0 atom stereocenters. The van der Waals surface area contributed by atoms with Crippen LogP contribution in [-0.2, 0) is 11.2 Å². The van der Waals surface area contributed by atoms with Gasteiger partial charge in [-0.15, -0.1) is 5.10 Å². The molecule has 0 spiro atoms. The van der Waals surface area contributed by atoms with Crippen molar-refractivity contribution in [3.8, 4) is 11.5 Å². The molecule has 2 amide bonds. The van der Waals surface area contributed by atoms with Gasteiger partial charge in [-0.3, -0.25) is 14.5 Å². The first-order valence-corrected chi connectivity index (χ1v) is 10.2. The van der Waals surface area contributed by atoms with E-state index in [9.17, 15) is 9.59 Å². The van der Waals surface area contributed by atoms with Crippen molar-refractivity contribution < 1.29 is 19.1 Å². The number of hydrogen-bond donors (Lipinski definition) is 1.